The number of ether oxygens (including phenoxy) is 2. The molecule has 1 amide bonds. The molecule has 6 rings (SSSR count). The summed E-state index contributed by atoms with van der Waals surface area (Å²) in [5, 5.41) is 16.4. The lowest BCUT2D eigenvalue weighted by molar-refractivity contribution is -0.134. The summed E-state index contributed by atoms with van der Waals surface area (Å²) in [6, 6.07) is 5.77. The summed E-state index contributed by atoms with van der Waals surface area (Å²) < 4.78 is 54.1. The van der Waals surface area contributed by atoms with Crippen LogP contribution in [0.1, 0.15) is 30.4 Å². The SMILES string of the molecule is COCOCc1csc2c1S(=O)(=O)N=C(C1=C(O)C3C([C@@H]4CC[C@H]3C4)N(Cc3ccc(F)cc3)C1=O)N2. The van der Waals surface area contributed by atoms with E-state index in [2.05, 4.69) is 9.71 Å². The fourth-order valence-corrected chi connectivity index (χ4v) is 8.90. The first kappa shape index (κ1) is 24.5. The smallest absolute Gasteiger partial charge is 0.287 e. The fourth-order valence-electron chi connectivity index (χ4n) is 6.33. The van der Waals surface area contributed by atoms with Gasteiger partial charge in [-0.2, -0.15) is 8.42 Å². The topological polar surface area (TPSA) is 118 Å². The minimum absolute atomic E-state index is 0.00155. The fraction of sp³-hybridized carbons (Fsp3) is 0.440. The molecule has 2 fully saturated rings. The monoisotopic (exact) mass is 547 g/mol. The number of aliphatic hydroxyl groups excluding tert-OH is 1. The van der Waals surface area contributed by atoms with Gasteiger partial charge in [-0.15, -0.1) is 15.7 Å². The molecule has 4 aliphatic rings. The van der Waals surface area contributed by atoms with Gasteiger partial charge in [0.2, 0.25) is 0 Å². The van der Waals surface area contributed by atoms with Crippen molar-refractivity contribution < 1.29 is 32.2 Å². The molecule has 1 aromatic heterocycles. The van der Waals surface area contributed by atoms with Crippen LogP contribution in [0.5, 0.6) is 0 Å². The second kappa shape index (κ2) is 9.19. The van der Waals surface area contributed by atoms with Crippen molar-refractivity contribution in [3.8, 4) is 0 Å². The molecule has 2 aliphatic carbocycles. The molecule has 2 aromatic rings. The van der Waals surface area contributed by atoms with Crippen LogP contribution in [0.25, 0.3) is 0 Å². The van der Waals surface area contributed by atoms with Crippen molar-refractivity contribution in [3.05, 3.63) is 57.9 Å². The maximum Gasteiger partial charge on any atom is 0.287 e. The number of aliphatic hydroxyl groups is 1. The van der Waals surface area contributed by atoms with Gasteiger partial charge in [-0.05, 0) is 54.2 Å². The summed E-state index contributed by atoms with van der Waals surface area (Å²) in [6.45, 7) is 0.263. The van der Waals surface area contributed by atoms with E-state index >= 15 is 0 Å². The maximum atomic E-state index is 13.9. The first-order chi connectivity index (χ1) is 17.8. The number of hydrogen-bond acceptors (Lipinski definition) is 8. The van der Waals surface area contributed by atoms with Gasteiger partial charge >= 0.3 is 0 Å². The van der Waals surface area contributed by atoms with E-state index in [1.54, 1.807) is 22.4 Å². The number of sulfonamides is 1. The Balaban J connectivity index is 1.38. The predicted molar refractivity (Wildman–Crippen MR) is 134 cm³/mol. The molecule has 2 N–H and O–H groups in total. The standard InChI is InChI=1S/C25H26FN3O6S2/c1-34-12-35-10-16-11-36-24-22(16)37(32,33)28-23(27-24)19-21(30)18-14-4-5-15(8-14)20(18)29(25(19)31)9-13-2-6-17(26)7-3-13/h2-3,6-7,11,14-15,18,20,30H,4-5,8-10,12H2,1H3,(H,27,28)/t14-,15+,18?,20?/m0/s1. The molecule has 0 saturated heterocycles. The average molecular weight is 548 g/mol. The number of thiophene rings is 1. The molecule has 2 aliphatic heterocycles. The Morgan fingerprint density at radius 3 is 2.76 bits per heavy atom. The summed E-state index contributed by atoms with van der Waals surface area (Å²) in [5.41, 5.74) is 1.08. The van der Waals surface area contributed by atoms with Crippen LogP contribution < -0.4 is 5.32 Å². The number of fused-ring (bicyclic) bond motifs is 6. The van der Waals surface area contributed by atoms with E-state index in [-0.39, 0.29) is 71.6 Å². The zero-order chi connectivity index (χ0) is 25.9. The Bertz CT molecular complexity index is 1420. The highest BCUT2D eigenvalue weighted by Gasteiger charge is 2.57. The number of nitrogens with one attached hydrogen (secondary N) is 1. The maximum absolute atomic E-state index is 13.9. The number of methoxy groups -OCH3 is 1. The van der Waals surface area contributed by atoms with E-state index in [0.717, 1.165) is 36.2 Å². The van der Waals surface area contributed by atoms with Crippen molar-refractivity contribution in [2.45, 2.75) is 43.4 Å². The highest BCUT2D eigenvalue weighted by molar-refractivity contribution is 7.90. The summed E-state index contributed by atoms with van der Waals surface area (Å²) in [5.74, 6) is -0.950. The van der Waals surface area contributed by atoms with Crippen LogP contribution in [0.2, 0.25) is 0 Å². The van der Waals surface area contributed by atoms with Crippen molar-refractivity contribution >= 4 is 38.1 Å². The molecule has 12 heteroatoms. The van der Waals surface area contributed by atoms with Gasteiger partial charge in [0.25, 0.3) is 15.9 Å². The van der Waals surface area contributed by atoms with Crippen LogP contribution in [-0.2, 0) is 37.4 Å². The number of carbonyl (C=O) groups is 1. The Labute approximate surface area is 217 Å². The second-order valence-corrected chi connectivity index (χ2v) is 12.3. The first-order valence-corrected chi connectivity index (χ1v) is 14.4. The summed E-state index contributed by atoms with van der Waals surface area (Å²) >= 11 is 1.16. The molecular weight excluding hydrogens is 521 g/mol. The normalized spacial score (nSPS) is 27.7. The van der Waals surface area contributed by atoms with Crippen LogP contribution in [0, 0.1) is 23.6 Å². The third-order valence-corrected chi connectivity index (χ3v) is 10.2. The van der Waals surface area contributed by atoms with Gasteiger partial charge in [-0.3, -0.25) is 4.79 Å². The molecule has 0 spiro atoms. The molecule has 3 heterocycles. The van der Waals surface area contributed by atoms with Crippen LogP contribution in [0.3, 0.4) is 0 Å². The molecule has 9 nitrogen and oxygen atoms in total. The van der Waals surface area contributed by atoms with E-state index in [9.17, 15) is 22.7 Å². The zero-order valence-electron chi connectivity index (χ0n) is 20.0. The summed E-state index contributed by atoms with van der Waals surface area (Å²) in [7, 11) is -2.70. The largest absolute Gasteiger partial charge is 0.511 e. The molecule has 0 radical (unpaired) electrons. The van der Waals surface area contributed by atoms with Crippen LogP contribution >= 0.6 is 11.3 Å². The molecular formula is C25H26FN3O6S2. The highest BCUT2D eigenvalue weighted by Crippen LogP contribution is 2.55. The van der Waals surface area contributed by atoms with Gasteiger partial charge < -0.3 is 24.8 Å². The second-order valence-electron chi connectivity index (χ2n) is 9.88. The molecule has 1 aromatic carbocycles. The molecule has 2 unspecified atom stereocenters. The molecule has 2 saturated carbocycles. The van der Waals surface area contributed by atoms with Crippen LogP contribution in [-0.4, -0.2) is 50.1 Å². The number of rotatable bonds is 7. The quantitative estimate of drug-likeness (QED) is 0.400. The Morgan fingerprint density at radius 2 is 2.00 bits per heavy atom. The van der Waals surface area contributed by atoms with Crippen molar-refractivity contribution in [2.75, 3.05) is 19.2 Å². The van der Waals surface area contributed by atoms with Gasteiger partial charge in [-0.25, -0.2) is 4.39 Å². The first-order valence-electron chi connectivity index (χ1n) is 12.1. The lowest BCUT2D eigenvalue weighted by Gasteiger charge is -2.44. The summed E-state index contributed by atoms with van der Waals surface area (Å²) in [6.07, 6.45) is 2.82. The van der Waals surface area contributed by atoms with Gasteiger partial charge in [0.15, 0.2) is 5.84 Å². The molecule has 2 bridgehead atoms. The average Bonchev–Trinajstić information content (AvgIpc) is 3.58. The van der Waals surface area contributed by atoms with E-state index in [0.29, 0.717) is 10.6 Å². The van der Waals surface area contributed by atoms with Crippen LogP contribution in [0.4, 0.5) is 9.39 Å². The number of benzene rings is 1. The number of amides is 1. The number of hydrogen-bond donors (Lipinski definition) is 2. The lowest BCUT2D eigenvalue weighted by Crippen LogP contribution is -2.53. The van der Waals surface area contributed by atoms with Crippen molar-refractivity contribution in [1.82, 2.24) is 4.90 Å². The van der Waals surface area contributed by atoms with Gasteiger partial charge in [0.05, 0.1) is 6.61 Å². The number of halogens is 1. The molecule has 4 atom stereocenters. The van der Waals surface area contributed by atoms with Gasteiger partial charge in [-0.1, -0.05) is 12.1 Å². The predicted octanol–water partition coefficient (Wildman–Crippen LogP) is 3.79. The Kier molecular flexibility index (Phi) is 6.09. The van der Waals surface area contributed by atoms with Gasteiger partial charge in [0, 0.05) is 31.2 Å². The Morgan fingerprint density at radius 1 is 1.24 bits per heavy atom. The van der Waals surface area contributed by atoms with Gasteiger partial charge in [0.1, 0.15) is 33.8 Å². The minimum atomic E-state index is -4.17. The van der Waals surface area contributed by atoms with E-state index in [1.165, 1.54) is 19.2 Å². The Hall–Kier alpha value is -2.80. The van der Waals surface area contributed by atoms with E-state index in [4.69, 9.17) is 9.47 Å². The summed E-state index contributed by atoms with van der Waals surface area (Å²) in [4.78, 5) is 15.6. The lowest BCUT2D eigenvalue weighted by atomic mass is 9.77. The third-order valence-electron chi connectivity index (χ3n) is 7.76. The third kappa shape index (κ3) is 4.06. The minimum Gasteiger partial charge on any atom is -0.511 e. The van der Waals surface area contributed by atoms with Crippen molar-refractivity contribution in [2.24, 2.45) is 22.2 Å². The zero-order valence-corrected chi connectivity index (χ0v) is 21.6. The number of carbonyl (C=O) groups excluding carboxylic acids is 1. The number of nitrogens with zero attached hydrogens (tertiary/aromatic N) is 2. The molecule has 37 heavy (non-hydrogen) atoms. The van der Waals surface area contributed by atoms with Crippen molar-refractivity contribution in [1.29, 1.82) is 0 Å². The van der Waals surface area contributed by atoms with E-state index < -0.39 is 15.9 Å². The molecule has 196 valence electrons. The van der Waals surface area contributed by atoms with Crippen LogP contribution in [0.15, 0.2) is 50.3 Å². The van der Waals surface area contributed by atoms with E-state index in [1.807, 2.05) is 0 Å². The van der Waals surface area contributed by atoms with Crippen molar-refractivity contribution in [3.63, 3.8) is 0 Å². The number of amidine groups is 1. The highest BCUT2D eigenvalue weighted by atomic mass is 32.2. The number of anilines is 1.